The molecule has 1 heterocycles. The Balaban J connectivity index is 1.15. The van der Waals surface area contributed by atoms with Crippen LogP contribution in [0.5, 0.6) is 11.5 Å². The summed E-state index contributed by atoms with van der Waals surface area (Å²) in [7, 11) is 0. The molecule has 3 aromatic rings. The molecule has 172 valence electrons. The van der Waals surface area contributed by atoms with E-state index in [2.05, 4.69) is 12.1 Å². The summed E-state index contributed by atoms with van der Waals surface area (Å²) in [6.45, 7) is 2.91. The van der Waals surface area contributed by atoms with Gasteiger partial charge in [0.2, 0.25) is 0 Å². The van der Waals surface area contributed by atoms with Crippen LogP contribution in [0.25, 0.3) is 11.1 Å². The van der Waals surface area contributed by atoms with Crippen molar-refractivity contribution in [1.82, 2.24) is 0 Å². The van der Waals surface area contributed by atoms with Crippen molar-refractivity contribution >= 4 is 5.97 Å². The third-order valence-corrected chi connectivity index (χ3v) is 5.94. The summed E-state index contributed by atoms with van der Waals surface area (Å²) in [6, 6.07) is 20.4. The van der Waals surface area contributed by atoms with E-state index in [-0.39, 0.29) is 0 Å². The number of ether oxygens (including phenoxy) is 4. The first kappa shape index (κ1) is 22.1. The summed E-state index contributed by atoms with van der Waals surface area (Å²) in [5.41, 5.74) is 5.61. The van der Waals surface area contributed by atoms with Gasteiger partial charge >= 0.3 is 5.97 Å². The van der Waals surface area contributed by atoms with Crippen molar-refractivity contribution in [3.05, 3.63) is 82.9 Å². The second kappa shape index (κ2) is 10.1. The zero-order chi connectivity index (χ0) is 23.3. The quantitative estimate of drug-likeness (QED) is 0.146. The average Bonchev–Trinajstić information content (AvgIpc) is 3.62. The largest absolute Gasteiger partial charge is 0.494 e. The number of epoxide rings is 1. The molecule has 1 atom stereocenters. The summed E-state index contributed by atoms with van der Waals surface area (Å²) in [6.07, 6.45) is 2.96. The Morgan fingerprint density at radius 2 is 1.65 bits per heavy atom. The van der Waals surface area contributed by atoms with Crippen molar-refractivity contribution in [2.24, 2.45) is 0 Å². The number of rotatable bonds is 10. The molecule has 1 aliphatic carbocycles. The Bertz CT molecular complexity index is 1220. The number of nitriles is 1. The first-order valence-corrected chi connectivity index (χ1v) is 11.5. The normalized spacial score (nSPS) is 15.2. The number of benzene rings is 3. The number of fused-ring (bicyclic) bond motifs is 3. The second-order valence-corrected chi connectivity index (χ2v) is 8.48. The lowest BCUT2D eigenvalue weighted by atomic mass is 10.0. The fraction of sp³-hybridized carbons (Fsp3) is 0.286. The van der Waals surface area contributed by atoms with Gasteiger partial charge in [-0.3, -0.25) is 0 Å². The topological polar surface area (TPSA) is 81.1 Å². The predicted molar refractivity (Wildman–Crippen MR) is 126 cm³/mol. The third kappa shape index (κ3) is 5.28. The highest BCUT2D eigenvalue weighted by molar-refractivity contribution is 5.93. The summed E-state index contributed by atoms with van der Waals surface area (Å²) in [5, 5.41) is 8.89. The van der Waals surface area contributed by atoms with Crippen LogP contribution < -0.4 is 9.47 Å². The predicted octanol–water partition coefficient (Wildman–Crippen LogP) is 4.92. The molecule has 0 saturated carbocycles. The fourth-order valence-corrected chi connectivity index (χ4v) is 4.04. The van der Waals surface area contributed by atoms with Crippen molar-refractivity contribution in [2.45, 2.75) is 25.4 Å². The lowest BCUT2D eigenvalue weighted by Crippen LogP contribution is -2.08. The number of carbonyl (C=O) groups excluding carboxylic acids is 1. The van der Waals surface area contributed by atoms with Crippen LogP contribution in [0, 0.1) is 11.3 Å². The molecule has 6 nitrogen and oxygen atoms in total. The Kier molecular flexibility index (Phi) is 6.57. The van der Waals surface area contributed by atoms with E-state index in [0.29, 0.717) is 36.2 Å². The van der Waals surface area contributed by atoms with Crippen LogP contribution in [0.1, 0.15) is 39.9 Å². The number of carbonyl (C=O) groups is 1. The minimum absolute atomic E-state index is 0.316. The van der Waals surface area contributed by atoms with E-state index in [1.165, 1.54) is 11.1 Å². The second-order valence-electron chi connectivity index (χ2n) is 8.48. The number of hydrogen-bond donors (Lipinski definition) is 0. The lowest BCUT2D eigenvalue weighted by Gasteiger charge is -2.08. The number of hydrogen-bond acceptors (Lipinski definition) is 6. The Hall–Kier alpha value is -3.66. The monoisotopic (exact) mass is 455 g/mol. The standard InChI is InChI=1S/C28H25NO5/c29-16-19-3-6-23(7-4-19)34-28(30)20-5-9-26-21(13-20)14-22-15-24(8-10-27(22)26)32-12-2-1-11-31-17-25-18-33-25/h3-10,13,15,25H,1-2,11-12,14,17-18H2. The molecule has 1 aliphatic heterocycles. The van der Waals surface area contributed by atoms with Crippen molar-refractivity contribution in [3.8, 4) is 28.7 Å². The van der Waals surface area contributed by atoms with Crippen molar-refractivity contribution in [2.75, 3.05) is 26.4 Å². The van der Waals surface area contributed by atoms with Crippen molar-refractivity contribution in [1.29, 1.82) is 5.26 Å². The van der Waals surface area contributed by atoms with E-state index in [1.54, 1.807) is 30.3 Å². The highest BCUT2D eigenvalue weighted by Gasteiger charge is 2.22. The molecule has 0 amide bonds. The molecule has 34 heavy (non-hydrogen) atoms. The molecule has 1 saturated heterocycles. The van der Waals surface area contributed by atoms with Gasteiger partial charge in [-0.2, -0.15) is 5.26 Å². The van der Waals surface area contributed by atoms with Gasteiger partial charge in [-0.25, -0.2) is 4.79 Å². The smallest absolute Gasteiger partial charge is 0.343 e. The van der Waals surface area contributed by atoms with Crippen molar-refractivity contribution < 1.29 is 23.7 Å². The van der Waals surface area contributed by atoms with Crippen LogP contribution in [-0.4, -0.2) is 38.5 Å². The molecule has 0 radical (unpaired) electrons. The number of nitrogens with zero attached hydrogens (tertiary/aromatic N) is 1. The summed E-state index contributed by atoms with van der Waals surface area (Å²) >= 11 is 0. The van der Waals surface area contributed by atoms with Crippen LogP contribution in [0.4, 0.5) is 0 Å². The molecule has 0 aromatic heterocycles. The average molecular weight is 456 g/mol. The maximum atomic E-state index is 12.6. The van der Waals surface area contributed by atoms with Crippen LogP contribution in [-0.2, 0) is 15.9 Å². The number of esters is 1. The maximum Gasteiger partial charge on any atom is 0.343 e. The van der Waals surface area contributed by atoms with Gasteiger partial charge in [0.25, 0.3) is 0 Å². The van der Waals surface area contributed by atoms with E-state index < -0.39 is 5.97 Å². The Labute approximate surface area is 198 Å². The zero-order valence-electron chi connectivity index (χ0n) is 18.8. The van der Waals surface area contributed by atoms with Gasteiger partial charge in [0, 0.05) is 6.61 Å². The van der Waals surface area contributed by atoms with Gasteiger partial charge in [-0.1, -0.05) is 12.1 Å². The molecule has 0 bridgehead atoms. The van der Waals surface area contributed by atoms with E-state index in [1.807, 2.05) is 24.3 Å². The van der Waals surface area contributed by atoms with Gasteiger partial charge in [0.15, 0.2) is 0 Å². The van der Waals surface area contributed by atoms with Gasteiger partial charge in [0.1, 0.15) is 17.6 Å². The van der Waals surface area contributed by atoms with Crippen LogP contribution in [0.2, 0.25) is 0 Å². The molecular weight excluding hydrogens is 430 g/mol. The molecule has 3 aromatic carbocycles. The van der Waals surface area contributed by atoms with Gasteiger partial charge in [0.05, 0.1) is 37.0 Å². The molecular formula is C28H25NO5. The van der Waals surface area contributed by atoms with Crippen molar-refractivity contribution in [3.63, 3.8) is 0 Å². The van der Waals surface area contributed by atoms with Gasteiger partial charge < -0.3 is 18.9 Å². The van der Waals surface area contributed by atoms with E-state index in [9.17, 15) is 4.79 Å². The molecule has 1 fully saturated rings. The fourth-order valence-electron chi connectivity index (χ4n) is 4.04. The molecule has 6 heteroatoms. The van der Waals surface area contributed by atoms with E-state index >= 15 is 0 Å². The first-order valence-electron chi connectivity index (χ1n) is 11.5. The van der Waals surface area contributed by atoms with Crippen LogP contribution >= 0.6 is 0 Å². The van der Waals surface area contributed by atoms with E-state index in [0.717, 1.165) is 49.4 Å². The maximum absolute atomic E-state index is 12.6. The molecule has 0 spiro atoms. The molecule has 5 rings (SSSR count). The molecule has 1 unspecified atom stereocenters. The van der Waals surface area contributed by atoms with Gasteiger partial charge in [-0.15, -0.1) is 0 Å². The Morgan fingerprint density at radius 1 is 0.941 bits per heavy atom. The lowest BCUT2D eigenvalue weighted by molar-refractivity contribution is 0.0734. The SMILES string of the molecule is N#Cc1ccc(OC(=O)c2ccc3c(c2)Cc2cc(OCCCCOCC4CO4)ccc2-3)cc1. The molecule has 2 aliphatic rings. The third-order valence-electron chi connectivity index (χ3n) is 5.94. The summed E-state index contributed by atoms with van der Waals surface area (Å²) < 4.78 is 22.1. The van der Waals surface area contributed by atoms with Crippen LogP contribution in [0.15, 0.2) is 60.7 Å². The summed E-state index contributed by atoms with van der Waals surface area (Å²) in [4.78, 5) is 12.6. The first-order chi connectivity index (χ1) is 16.7. The van der Waals surface area contributed by atoms with Crippen LogP contribution in [0.3, 0.4) is 0 Å². The minimum atomic E-state index is -0.416. The molecule has 0 N–H and O–H groups in total. The summed E-state index contributed by atoms with van der Waals surface area (Å²) in [5.74, 6) is 0.860. The zero-order valence-corrected chi connectivity index (χ0v) is 18.8. The highest BCUT2D eigenvalue weighted by Crippen LogP contribution is 2.39. The van der Waals surface area contributed by atoms with Gasteiger partial charge in [-0.05, 0) is 90.0 Å². The highest BCUT2D eigenvalue weighted by atomic mass is 16.6. The Morgan fingerprint density at radius 3 is 2.41 bits per heavy atom. The van der Waals surface area contributed by atoms with E-state index in [4.69, 9.17) is 24.2 Å². The minimum Gasteiger partial charge on any atom is -0.494 e. The number of unbranched alkanes of at least 4 members (excludes halogenated alkanes) is 1.